The molecule has 5 aliphatic carbocycles. The average Bonchev–Trinajstić information content (AvgIpc) is 3.86. The summed E-state index contributed by atoms with van der Waals surface area (Å²) in [5.41, 5.74) is -0.665. The molecule has 2 spiro atoms. The van der Waals surface area contributed by atoms with Gasteiger partial charge >= 0.3 is 5.97 Å². The van der Waals surface area contributed by atoms with E-state index in [0.717, 1.165) is 32.1 Å². The van der Waals surface area contributed by atoms with Crippen LogP contribution in [-0.2, 0) is 33.7 Å². The van der Waals surface area contributed by atoms with E-state index < -0.39 is 52.9 Å². The van der Waals surface area contributed by atoms with Crippen LogP contribution in [0.1, 0.15) is 157 Å². The first-order valence-electron chi connectivity index (χ1n) is 22.4. The second-order valence-corrected chi connectivity index (χ2v) is 21.8. The Balaban J connectivity index is 1.15. The van der Waals surface area contributed by atoms with Gasteiger partial charge in [0.25, 0.3) is 0 Å². The molecule has 5 N–H and O–H groups in total. The summed E-state index contributed by atoms with van der Waals surface area (Å²) in [5.74, 6) is -0.522. The zero-order valence-corrected chi connectivity index (χ0v) is 37.1. The minimum atomic E-state index is -0.995. The van der Waals surface area contributed by atoms with Gasteiger partial charge in [-0.15, -0.1) is 0 Å². The number of ether oxygens (including phenoxy) is 4. The van der Waals surface area contributed by atoms with Gasteiger partial charge in [0.15, 0.2) is 5.78 Å². The van der Waals surface area contributed by atoms with Crippen molar-refractivity contribution in [2.75, 3.05) is 7.11 Å². The maximum atomic E-state index is 15.1. The van der Waals surface area contributed by atoms with Crippen LogP contribution >= 0.6 is 0 Å². The third-order valence-corrected chi connectivity index (χ3v) is 18.7. The van der Waals surface area contributed by atoms with Crippen LogP contribution in [0.2, 0.25) is 0 Å². The molecule has 2 heterocycles. The molecule has 4 saturated carbocycles. The minimum absolute atomic E-state index is 0.000523. The molecule has 2 aromatic carbocycles. The lowest BCUT2D eigenvalue weighted by Crippen LogP contribution is -2.69. The Morgan fingerprint density at radius 1 is 0.800 bits per heavy atom. The summed E-state index contributed by atoms with van der Waals surface area (Å²) in [6.45, 7) is 18.2. The molecule has 0 unspecified atom stereocenters. The Hall–Kier alpha value is -3.38. The highest BCUT2D eigenvalue weighted by Crippen LogP contribution is 2.71. The highest BCUT2D eigenvalue weighted by molar-refractivity contribution is 6.08. The summed E-state index contributed by atoms with van der Waals surface area (Å²) in [6.07, 6.45) is 3.05. The predicted octanol–water partition coefficient (Wildman–Crippen LogP) is 7.61. The fourth-order valence-electron chi connectivity index (χ4n) is 15.6. The molecule has 7 aliphatic rings. The number of Topliss-reactive ketones (excluding diaryl/α,β-unsaturated/α-hetero) is 1. The number of hydrogen-bond donors (Lipinski definition) is 5. The van der Waals surface area contributed by atoms with E-state index in [9.17, 15) is 30.3 Å². The number of aliphatic hydroxyl groups excluding tert-OH is 3. The molecule has 2 aromatic rings. The Bertz CT molecular complexity index is 2160. The van der Waals surface area contributed by atoms with Gasteiger partial charge in [-0.2, -0.15) is 0 Å². The van der Waals surface area contributed by atoms with Crippen molar-refractivity contribution in [3.63, 3.8) is 0 Å². The van der Waals surface area contributed by atoms with Gasteiger partial charge < -0.3 is 44.5 Å². The number of methoxy groups -OCH3 is 1. The third-order valence-electron chi connectivity index (χ3n) is 18.7. The number of hydrogen-bond acceptors (Lipinski definition) is 11. The average molecular weight is 831 g/mol. The topological polar surface area (TPSA) is 172 Å². The molecule has 2 aliphatic heterocycles. The molecule has 11 nitrogen and oxygen atoms in total. The van der Waals surface area contributed by atoms with Crippen molar-refractivity contribution in [3.8, 4) is 23.0 Å². The smallest absolute Gasteiger partial charge is 0.302 e. The third kappa shape index (κ3) is 5.09. The molecular weight excluding hydrogens is 765 g/mol. The van der Waals surface area contributed by atoms with Crippen LogP contribution in [0.3, 0.4) is 0 Å². The lowest BCUT2D eigenvalue weighted by molar-refractivity contribution is -0.240. The minimum Gasteiger partial charge on any atom is -0.508 e. The second-order valence-electron chi connectivity index (χ2n) is 21.8. The SMILES string of the molecule is CO[C@H]1c2c(cc(O)c3c2O[C@]2(C3)[C@H](C)CC[C@H]3C(C)(C)[C@H](OC(C)=O)CC[C@@]32C)C(=O)[C@H]1c1c(CO)cc(O)c2c1O[C@]1(C2)[C@H](C)CC[C@H]2C(C)(C)[C@H](O)[C@H](O)C[C@@]21C. The van der Waals surface area contributed by atoms with Crippen molar-refractivity contribution in [2.45, 2.75) is 168 Å². The van der Waals surface area contributed by atoms with Crippen LogP contribution in [0.5, 0.6) is 23.0 Å². The Labute approximate surface area is 354 Å². The van der Waals surface area contributed by atoms with Gasteiger partial charge in [0, 0.05) is 70.9 Å². The lowest BCUT2D eigenvalue weighted by atomic mass is 9.43. The van der Waals surface area contributed by atoms with Gasteiger partial charge in [0.05, 0.1) is 24.7 Å². The number of fused-ring (bicyclic) bond motifs is 8. The van der Waals surface area contributed by atoms with E-state index in [4.69, 9.17) is 18.9 Å². The van der Waals surface area contributed by atoms with Gasteiger partial charge in [0.1, 0.15) is 46.4 Å². The zero-order valence-electron chi connectivity index (χ0n) is 37.1. The number of carbonyl (C=O) groups is 2. The normalized spacial score (nSPS) is 41.8. The number of phenols is 2. The molecule has 60 heavy (non-hydrogen) atoms. The monoisotopic (exact) mass is 830 g/mol. The first-order chi connectivity index (χ1) is 28.1. The summed E-state index contributed by atoms with van der Waals surface area (Å²) in [4.78, 5) is 27.4. The van der Waals surface area contributed by atoms with E-state index in [2.05, 4.69) is 41.5 Å². The number of carbonyl (C=O) groups excluding carboxylic acids is 2. The van der Waals surface area contributed by atoms with Gasteiger partial charge in [-0.25, -0.2) is 0 Å². The van der Waals surface area contributed by atoms with Crippen LogP contribution in [0.4, 0.5) is 0 Å². The number of benzene rings is 2. The number of esters is 1. The van der Waals surface area contributed by atoms with Crippen LogP contribution in [0.25, 0.3) is 0 Å². The number of phenolic OH excluding ortho intramolecular Hbond substituents is 2. The standard InChI is InChI=1S/C49H66O11/c1-23-11-13-33-44(4,5)35(58-25(3)51)15-16-46(33,8)48(23)19-29-31(53)18-27-37(41(29)60-48)42(57-10)38(39(27)55)36-26(22-50)17-30(52)28-20-49(59-40(28)36)24(2)12-14-34-45(6,7)43(56)32(54)21-47(34,49)9/h17-18,23-24,32-35,38,42-43,50,52-54,56H,11-16,19-22H2,1-10H3/t23-,24-,32-,33+,34+,35-,38-,42+,43-,46+,47+,48-,49-/m1/s1. The summed E-state index contributed by atoms with van der Waals surface area (Å²) in [5, 5.41) is 57.3. The number of ketones is 1. The maximum Gasteiger partial charge on any atom is 0.302 e. The molecule has 328 valence electrons. The maximum absolute atomic E-state index is 15.1. The molecule has 9 rings (SSSR count). The molecule has 13 atom stereocenters. The van der Waals surface area contributed by atoms with E-state index >= 15 is 4.79 Å². The zero-order chi connectivity index (χ0) is 43.4. The molecule has 0 saturated heterocycles. The molecule has 0 aromatic heterocycles. The number of aromatic hydroxyl groups is 2. The van der Waals surface area contributed by atoms with Crippen LogP contribution in [-0.4, -0.2) is 73.9 Å². The summed E-state index contributed by atoms with van der Waals surface area (Å²) >= 11 is 0. The van der Waals surface area contributed by atoms with Crippen molar-refractivity contribution in [1.29, 1.82) is 0 Å². The summed E-state index contributed by atoms with van der Waals surface area (Å²) in [6, 6.07) is 3.11. The van der Waals surface area contributed by atoms with Gasteiger partial charge in [-0.05, 0) is 91.7 Å². The molecule has 0 bridgehead atoms. The van der Waals surface area contributed by atoms with Gasteiger partial charge in [-0.3, -0.25) is 9.59 Å². The van der Waals surface area contributed by atoms with Crippen molar-refractivity contribution < 1.29 is 54.1 Å². The van der Waals surface area contributed by atoms with Crippen molar-refractivity contribution in [3.05, 3.63) is 45.5 Å². The van der Waals surface area contributed by atoms with Gasteiger partial charge in [-0.1, -0.05) is 55.4 Å². The van der Waals surface area contributed by atoms with E-state index in [-0.39, 0.29) is 63.9 Å². The first kappa shape index (κ1) is 41.9. The van der Waals surface area contributed by atoms with Crippen molar-refractivity contribution in [2.24, 2.45) is 45.3 Å². The van der Waals surface area contributed by atoms with E-state index in [1.165, 1.54) is 6.92 Å². The van der Waals surface area contributed by atoms with Crippen molar-refractivity contribution in [1.82, 2.24) is 0 Å². The number of aliphatic hydroxyl groups is 3. The highest BCUT2D eigenvalue weighted by atomic mass is 16.5. The van der Waals surface area contributed by atoms with E-state index in [0.29, 0.717) is 70.6 Å². The lowest BCUT2D eigenvalue weighted by Gasteiger charge is -2.64. The molecule has 4 fully saturated rings. The fraction of sp³-hybridized carbons (Fsp3) is 0.714. The highest BCUT2D eigenvalue weighted by Gasteiger charge is 2.71. The quantitative estimate of drug-likeness (QED) is 0.192. The fourth-order valence-corrected chi connectivity index (χ4v) is 15.6. The molecule has 11 heteroatoms. The molecule has 0 radical (unpaired) electrons. The Morgan fingerprint density at radius 2 is 1.35 bits per heavy atom. The largest absolute Gasteiger partial charge is 0.508 e. The Morgan fingerprint density at radius 3 is 1.92 bits per heavy atom. The van der Waals surface area contributed by atoms with Crippen molar-refractivity contribution >= 4 is 11.8 Å². The molecular formula is C49H66O11. The van der Waals surface area contributed by atoms with Crippen LogP contribution in [0, 0.1) is 45.3 Å². The van der Waals surface area contributed by atoms with E-state index in [1.807, 2.05) is 13.8 Å². The Kier molecular flexibility index (Phi) is 9.31. The van der Waals surface area contributed by atoms with Crippen LogP contribution in [0.15, 0.2) is 12.1 Å². The second kappa shape index (κ2) is 13.3. The van der Waals surface area contributed by atoms with Crippen LogP contribution < -0.4 is 9.47 Å². The van der Waals surface area contributed by atoms with Gasteiger partial charge in [0.2, 0.25) is 0 Å². The predicted molar refractivity (Wildman–Crippen MR) is 222 cm³/mol. The summed E-state index contributed by atoms with van der Waals surface area (Å²) < 4.78 is 27.1. The van der Waals surface area contributed by atoms with E-state index in [1.54, 1.807) is 19.2 Å². The molecule has 0 amide bonds. The first-order valence-corrected chi connectivity index (χ1v) is 22.4. The number of rotatable bonds is 4. The summed E-state index contributed by atoms with van der Waals surface area (Å²) in [7, 11) is 1.57.